The number of carbonyl (C=O) groups is 1. The van der Waals surface area contributed by atoms with E-state index < -0.39 is 15.8 Å². The number of carboxylic acid groups (broad SMARTS) is 1. The van der Waals surface area contributed by atoms with Crippen molar-refractivity contribution in [1.82, 2.24) is 0 Å². The molecular weight excluding hydrogens is 288 g/mol. The van der Waals surface area contributed by atoms with Crippen LogP contribution in [0, 0.1) is 13.8 Å². The van der Waals surface area contributed by atoms with E-state index in [2.05, 4.69) is 0 Å². The Hall–Kier alpha value is -2.14. The van der Waals surface area contributed by atoms with Crippen molar-refractivity contribution in [3.05, 3.63) is 64.7 Å². The molecule has 0 fully saturated rings. The monoisotopic (exact) mass is 304 g/mol. The van der Waals surface area contributed by atoms with E-state index in [-0.39, 0.29) is 16.2 Å². The summed E-state index contributed by atoms with van der Waals surface area (Å²) in [4.78, 5) is 11.2. The second-order valence-corrected chi connectivity index (χ2v) is 6.99. The van der Waals surface area contributed by atoms with E-state index in [0.29, 0.717) is 11.1 Å². The van der Waals surface area contributed by atoms with Gasteiger partial charge in [0, 0.05) is 0 Å². The minimum Gasteiger partial charge on any atom is -0.478 e. The highest BCUT2D eigenvalue weighted by molar-refractivity contribution is 7.90. The summed E-state index contributed by atoms with van der Waals surface area (Å²) < 4.78 is 24.9. The molecule has 0 saturated heterocycles. The zero-order valence-electron chi connectivity index (χ0n) is 11.8. The topological polar surface area (TPSA) is 71.4 Å². The van der Waals surface area contributed by atoms with Crippen molar-refractivity contribution in [2.24, 2.45) is 0 Å². The number of sulfone groups is 1. The molecule has 2 aromatic rings. The predicted octanol–water partition coefficient (Wildman–Crippen LogP) is 2.98. The van der Waals surface area contributed by atoms with E-state index in [9.17, 15) is 13.2 Å². The van der Waals surface area contributed by atoms with Crippen molar-refractivity contribution < 1.29 is 18.3 Å². The Morgan fingerprint density at radius 3 is 2.43 bits per heavy atom. The molecule has 0 aromatic heterocycles. The number of hydrogen-bond acceptors (Lipinski definition) is 3. The first-order chi connectivity index (χ1) is 9.79. The van der Waals surface area contributed by atoms with Gasteiger partial charge in [-0.25, -0.2) is 13.2 Å². The Labute approximate surface area is 124 Å². The maximum Gasteiger partial charge on any atom is 0.335 e. The lowest BCUT2D eigenvalue weighted by Gasteiger charge is -2.09. The SMILES string of the molecule is Cc1ccc(S(=O)(=O)Cc2cccc(C(=O)O)c2)c(C)c1. The van der Waals surface area contributed by atoms with E-state index in [0.717, 1.165) is 5.56 Å². The molecule has 0 aliphatic carbocycles. The molecule has 0 saturated carbocycles. The van der Waals surface area contributed by atoms with Gasteiger partial charge in [-0.1, -0.05) is 29.8 Å². The van der Waals surface area contributed by atoms with Crippen LogP contribution in [0.5, 0.6) is 0 Å². The fourth-order valence-corrected chi connectivity index (χ4v) is 3.84. The first kappa shape index (κ1) is 15.3. The molecular formula is C16H16O4S. The zero-order chi connectivity index (χ0) is 15.6. The van der Waals surface area contributed by atoms with Crippen LogP contribution in [0.4, 0.5) is 0 Å². The first-order valence-corrected chi connectivity index (χ1v) is 8.07. The van der Waals surface area contributed by atoms with Crippen LogP contribution in [0.2, 0.25) is 0 Å². The number of benzene rings is 2. The van der Waals surface area contributed by atoms with Crippen LogP contribution in [0.1, 0.15) is 27.0 Å². The second kappa shape index (κ2) is 5.69. The van der Waals surface area contributed by atoms with Crippen LogP contribution in [0.25, 0.3) is 0 Å². The second-order valence-electron chi connectivity index (χ2n) is 5.03. The Kier molecular flexibility index (Phi) is 4.14. The molecule has 5 heteroatoms. The maximum absolute atomic E-state index is 12.5. The van der Waals surface area contributed by atoms with Gasteiger partial charge in [0.2, 0.25) is 0 Å². The van der Waals surface area contributed by atoms with Crippen LogP contribution in [0.15, 0.2) is 47.4 Å². The maximum atomic E-state index is 12.5. The van der Waals surface area contributed by atoms with E-state index in [4.69, 9.17) is 5.11 Å². The normalized spacial score (nSPS) is 11.3. The third-order valence-corrected chi connectivity index (χ3v) is 5.04. The van der Waals surface area contributed by atoms with Crippen LogP contribution in [-0.2, 0) is 15.6 Å². The number of aryl methyl sites for hydroxylation is 2. The summed E-state index contributed by atoms with van der Waals surface area (Å²) in [6, 6.07) is 11.2. The molecule has 0 aliphatic rings. The summed E-state index contributed by atoms with van der Waals surface area (Å²) in [5.74, 6) is -1.28. The molecule has 0 amide bonds. The van der Waals surface area contributed by atoms with Crippen LogP contribution in [-0.4, -0.2) is 19.5 Å². The van der Waals surface area contributed by atoms with Gasteiger partial charge in [0.05, 0.1) is 16.2 Å². The fourth-order valence-electron chi connectivity index (χ4n) is 2.24. The summed E-state index contributed by atoms with van der Waals surface area (Å²) in [5.41, 5.74) is 2.25. The minimum atomic E-state index is -3.50. The lowest BCUT2D eigenvalue weighted by atomic mass is 10.1. The van der Waals surface area contributed by atoms with Gasteiger partial charge in [-0.05, 0) is 43.2 Å². The highest BCUT2D eigenvalue weighted by Crippen LogP contribution is 2.21. The summed E-state index contributed by atoms with van der Waals surface area (Å²) in [5, 5.41) is 8.95. The van der Waals surface area contributed by atoms with Gasteiger partial charge in [0.25, 0.3) is 0 Å². The van der Waals surface area contributed by atoms with Gasteiger partial charge in [-0.15, -0.1) is 0 Å². The molecule has 2 rings (SSSR count). The van der Waals surface area contributed by atoms with Gasteiger partial charge in [-0.3, -0.25) is 0 Å². The van der Waals surface area contributed by atoms with Gasteiger partial charge in [0.15, 0.2) is 9.84 Å². The van der Waals surface area contributed by atoms with Crippen LogP contribution >= 0.6 is 0 Å². The van der Waals surface area contributed by atoms with Crippen molar-refractivity contribution in [3.63, 3.8) is 0 Å². The van der Waals surface area contributed by atoms with Gasteiger partial charge < -0.3 is 5.11 Å². The molecule has 0 heterocycles. The Morgan fingerprint density at radius 1 is 1.10 bits per heavy atom. The van der Waals surface area contributed by atoms with Crippen LogP contribution < -0.4 is 0 Å². The molecule has 2 aromatic carbocycles. The third-order valence-electron chi connectivity index (χ3n) is 3.20. The number of carboxylic acids is 1. The lowest BCUT2D eigenvalue weighted by molar-refractivity contribution is 0.0696. The molecule has 0 radical (unpaired) electrons. The van der Waals surface area contributed by atoms with Crippen molar-refractivity contribution >= 4 is 15.8 Å². The largest absolute Gasteiger partial charge is 0.478 e. The number of rotatable bonds is 4. The average Bonchev–Trinajstić information content (AvgIpc) is 2.37. The van der Waals surface area contributed by atoms with E-state index >= 15 is 0 Å². The number of hydrogen-bond donors (Lipinski definition) is 1. The molecule has 0 spiro atoms. The summed E-state index contributed by atoms with van der Waals surface area (Å²) in [6.07, 6.45) is 0. The molecule has 21 heavy (non-hydrogen) atoms. The van der Waals surface area contributed by atoms with Gasteiger partial charge in [-0.2, -0.15) is 0 Å². The van der Waals surface area contributed by atoms with Crippen molar-refractivity contribution in [3.8, 4) is 0 Å². The Bertz CT molecular complexity index is 792. The molecule has 4 nitrogen and oxygen atoms in total. The third kappa shape index (κ3) is 3.49. The van der Waals surface area contributed by atoms with E-state index in [1.807, 2.05) is 13.0 Å². The molecule has 0 bridgehead atoms. The minimum absolute atomic E-state index is 0.0864. The molecule has 0 unspecified atom stereocenters. The first-order valence-electron chi connectivity index (χ1n) is 6.42. The van der Waals surface area contributed by atoms with Crippen molar-refractivity contribution in [1.29, 1.82) is 0 Å². The highest BCUT2D eigenvalue weighted by atomic mass is 32.2. The van der Waals surface area contributed by atoms with Crippen molar-refractivity contribution in [2.75, 3.05) is 0 Å². The lowest BCUT2D eigenvalue weighted by Crippen LogP contribution is -2.08. The summed E-state index contributed by atoms with van der Waals surface area (Å²) >= 11 is 0. The smallest absolute Gasteiger partial charge is 0.335 e. The Morgan fingerprint density at radius 2 is 1.81 bits per heavy atom. The molecule has 0 atom stereocenters. The van der Waals surface area contributed by atoms with E-state index in [1.54, 1.807) is 31.2 Å². The highest BCUT2D eigenvalue weighted by Gasteiger charge is 2.18. The zero-order valence-corrected chi connectivity index (χ0v) is 12.6. The van der Waals surface area contributed by atoms with Crippen molar-refractivity contribution in [2.45, 2.75) is 24.5 Å². The molecule has 1 N–H and O–H groups in total. The predicted molar refractivity (Wildman–Crippen MR) is 80.2 cm³/mol. The summed E-state index contributed by atoms with van der Waals surface area (Å²) in [6.45, 7) is 3.66. The van der Waals surface area contributed by atoms with Gasteiger partial charge in [0.1, 0.15) is 0 Å². The molecule has 0 aliphatic heterocycles. The average molecular weight is 304 g/mol. The van der Waals surface area contributed by atoms with Gasteiger partial charge >= 0.3 is 5.97 Å². The van der Waals surface area contributed by atoms with Crippen LogP contribution in [0.3, 0.4) is 0 Å². The standard InChI is InChI=1S/C16H16O4S/c1-11-6-7-15(12(2)8-11)21(19,20)10-13-4-3-5-14(9-13)16(17)18/h3-9H,10H2,1-2H3,(H,17,18). The summed E-state index contributed by atoms with van der Waals surface area (Å²) in [7, 11) is -3.50. The quantitative estimate of drug-likeness (QED) is 0.942. The van der Waals surface area contributed by atoms with E-state index in [1.165, 1.54) is 12.1 Å². The number of aromatic carboxylic acids is 1. The Balaban J connectivity index is 2.37. The fraction of sp³-hybridized carbons (Fsp3) is 0.188. The molecule has 110 valence electrons.